The van der Waals surface area contributed by atoms with Crippen LogP contribution in [0.2, 0.25) is 0 Å². The van der Waals surface area contributed by atoms with Gasteiger partial charge < -0.3 is 10.2 Å². The van der Waals surface area contributed by atoms with E-state index in [1.165, 1.54) is 12.1 Å². The van der Waals surface area contributed by atoms with Crippen LogP contribution in [0.5, 0.6) is 0 Å². The van der Waals surface area contributed by atoms with Crippen molar-refractivity contribution in [1.82, 2.24) is 25.3 Å². The molecule has 1 aliphatic heterocycles. The Morgan fingerprint density at radius 3 is 3.00 bits per heavy atom. The maximum Gasteiger partial charge on any atom is 0.0535 e. The van der Waals surface area contributed by atoms with Gasteiger partial charge in [-0.15, -0.1) is 0 Å². The third-order valence-electron chi connectivity index (χ3n) is 3.61. The van der Waals surface area contributed by atoms with Gasteiger partial charge in [-0.2, -0.15) is 5.10 Å². The second kappa shape index (κ2) is 5.62. The summed E-state index contributed by atoms with van der Waals surface area (Å²) in [7, 11) is 4.41. The van der Waals surface area contributed by atoms with Crippen molar-refractivity contribution in [3.05, 3.63) is 17.5 Å². The molecule has 2 rings (SSSR count). The lowest BCUT2D eigenvalue weighted by Gasteiger charge is -2.37. The zero-order valence-corrected chi connectivity index (χ0v) is 11.0. The highest BCUT2D eigenvalue weighted by atomic mass is 15.3. The lowest BCUT2D eigenvalue weighted by Crippen LogP contribution is -2.53. The molecule has 1 atom stereocenters. The van der Waals surface area contributed by atoms with E-state index in [0.717, 1.165) is 31.9 Å². The predicted molar refractivity (Wildman–Crippen MR) is 68.9 cm³/mol. The molecular formula is C12H23N5. The zero-order chi connectivity index (χ0) is 12.3. The molecule has 1 saturated heterocycles. The van der Waals surface area contributed by atoms with Crippen LogP contribution >= 0.6 is 0 Å². The molecule has 0 saturated carbocycles. The predicted octanol–water partition coefficient (Wildman–Crippen LogP) is 0.0535. The van der Waals surface area contributed by atoms with Crippen molar-refractivity contribution in [2.75, 3.05) is 40.3 Å². The number of aromatic nitrogens is 2. The number of aryl methyl sites for hydroxylation is 1. The van der Waals surface area contributed by atoms with Crippen LogP contribution < -0.4 is 5.32 Å². The van der Waals surface area contributed by atoms with Crippen molar-refractivity contribution >= 4 is 0 Å². The summed E-state index contributed by atoms with van der Waals surface area (Å²) >= 11 is 0. The highest BCUT2D eigenvalue weighted by Gasteiger charge is 2.21. The number of nitrogens with zero attached hydrogens (tertiary/aromatic N) is 3. The summed E-state index contributed by atoms with van der Waals surface area (Å²) < 4.78 is 0. The lowest BCUT2D eigenvalue weighted by atomic mass is 10.2. The Morgan fingerprint density at radius 2 is 2.29 bits per heavy atom. The van der Waals surface area contributed by atoms with Crippen LogP contribution in [0.15, 0.2) is 6.20 Å². The van der Waals surface area contributed by atoms with Crippen molar-refractivity contribution in [3.8, 4) is 0 Å². The van der Waals surface area contributed by atoms with Crippen LogP contribution in [0.25, 0.3) is 0 Å². The van der Waals surface area contributed by atoms with Gasteiger partial charge in [0.25, 0.3) is 0 Å². The Bertz CT molecular complexity index is 348. The van der Waals surface area contributed by atoms with Crippen LogP contribution in [0.4, 0.5) is 0 Å². The molecule has 0 radical (unpaired) electrons. The van der Waals surface area contributed by atoms with Crippen molar-refractivity contribution in [2.45, 2.75) is 19.5 Å². The monoisotopic (exact) mass is 237 g/mol. The second-order valence-electron chi connectivity index (χ2n) is 5.05. The summed E-state index contributed by atoms with van der Waals surface area (Å²) in [4.78, 5) is 4.84. The first-order valence-corrected chi connectivity index (χ1v) is 6.25. The summed E-state index contributed by atoms with van der Waals surface area (Å²) in [5.74, 6) is 0. The van der Waals surface area contributed by atoms with Crippen molar-refractivity contribution in [1.29, 1.82) is 0 Å². The molecule has 1 unspecified atom stereocenters. The molecule has 17 heavy (non-hydrogen) atoms. The minimum absolute atomic E-state index is 0.612. The number of nitrogens with one attached hydrogen (secondary N) is 2. The number of likely N-dealkylation sites (N-methyl/N-ethyl adjacent to an activating group) is 2. The standard InChI is InChI=1S/C12H23N5/c1-10-11(7-14-15-10)6-13-8-12-9-16(2)4-5-17(12)3/h7,12-13H,4-6,8-9H2,1-3H3,(H,14,15). The van der Waals surface area contributed by atoms with E-state index in [1.54, 1.807) is 0 Å². The molecule has 1 fully saturated rings. The van der Waals surface area contributed by atoms with E-state index in [2.05, 4.69) is 46.3 Å². The first-order chi connectivity index (χ1) is 8.16. The van der Waals surface area contributed by atoms with Gasteiger partial charge in [0.05, 0.1) is 6.20 Å². The Morgan fingerprint density at radius 1 is 1.47 bits per heavy atom. The minimum atomic E-state index is 0.612. The third kappa shape index (κ3) is 3.28. The fraction of sp³-hybridized carbons (Fsp3) is 0.750. The van der Waals surface area contributed by atoms with E-state index in [-0.39, 0.29) is 0 Å². The number of aromatic amines is 1. The maximum atomic E-state index is 4.03. The van der Waals surface area contributed by atoms with Gasteiger partial charge in [0.15, 0.2) is 0 Å². The van der Waals surface area contributed by atoms with Gasteiger partial charge in [0, 0.05) is 50.0 Å². The van der Waals surface area contributed by atoms with Crippen LogP contribution in [0.1, 0.15) is 11.3 Å². The summed E-state index contributed by atoms with van der Waals surface area (Å²) in [5, 5.41) is 10.5. The normalized spacial score (nSPS) is 23.1. The number of rotatable bonds is 4. The van der Waals surface area contributed by atoms with Gasteiger partial charge in [-0.05, 0) is 21.0 Å². The molecule has 0 amide bonds. The number of H-pyrrole nitrogens is 1. The largest absolute Gasteiger partial charge is 0.311 e. The van der Waals surface area contributed by atoms with Crippen molar-refractivity contribution < 1.29 is 0 Å². The van der Waals surface area contributed by atoms with Crippen LogP contribution in [-0.2, 0) is 6.54 Å². The molecule has 0 bridgehead atoms. The number of hydrogen-bond donors (Lipinski definition) is 2. The highest BCUT2D eigenvalue weighted by molar-refractivity contribution is 5.13. The second-order valence-corrected chi connectivity index (χ2v) is 5.05. The summed E-state index contributed by atoms with van der Waals surface area (Å²) in [5.41, 5.74) is 2.42. The molecule has 2 N–H and O–H groups in total. The Labute approximate surface area is 103 Å². The van der Waals surface area contributed by atoms with Crippen LogP contribution in [0, 0.1) is 6.92 Å². The molecule has 5 nitrogen and oxygen atoms in total. The van der Waals surface area contributed by atoms with Gasteiger partial charge in [0.2, 0.25) is 0 Å². The van der Waals surface area contributed by atoms with Gasteiger partial charge in [0.1, 0.15) is 0 Å². The van der Waals surface area contributed by atoms with E-state index < -0.39 is 0 Å². The Balaban J connectivity index is 1.76. The minimum Gasteiger partial charge on any atom is -0.311 e. The molecule has 1 aromatic rings. The first-order valence-electron chi connectivity index (χ1n) is 6.25. The van der Waals surface area contributed by atoms with Gasteiger partial charge >= 0.3 is 0 Å². The fourth-order valence-corrected chi connectivity index (χ4v) is 2.25. The van der Waals surface area contributed by atoms with E-state index in [4.69, 9.17) is 0 Å². The SMILES string of the molecule is Cc1[nH]ncc1CNCC1CN(C)CCN1C. The Hall–Kier alpha value is -0.910. The summed E-state index contributed by atoms with van der Waals surface area (Å²) in [6, 6.07) is 0.612. The van der Waals surface area contributed by atoms with Gasteiger partial charge in [-0.25, -0.2) is 0 Å². The molecule has 1 aromatic heterocycles. The molecule has 5 heteroatoms. The van der Waals surface area contributed by atoms with Crippen LogP contribution in [0.3, 0.4) is 0 Å². The van der Waals surface area contributed by atoms with E-state index in [9.17, 15) is 0 Å². The molecule has 0 aliphatic carbocycles. The smallest absolute Gasteiger partial charge is 0.0535 e. The molecule has 96 valence electrons. The average Bonchev–Trinajstić information content (AvgIpc) is 2.70. The summed E-state index contributed by atoms with van der Waals surface area (Å²) in [6.45, 7) is 7.47. The number of piperazine rings is 1. The fourth-order valence-electron chi connectivity index (χ4n) is 2.25. The summed E-state index contributed by atoms with van der Waals surface area (Å²) in [6.07, 6.45) is 1.90. The maximum absolute atomic E-state index is 4.03. The third-order valence-corrected chi connectivity index (χ3v) is 3.61. The van der Waals surface area contributed by atoms with Crippen LogP contribution in [-0.4, -0.2) is 66.3 Å². The molecule has 0 spiro atoms. The quantitative estimate of drug-likeness (QED) is 0.777. The van der Waals surface area contributed by atoms with E-state index in [1.807, 2.05) is 6.20 Å². The molecule has 1 aliphatic rings. The van der Waals surface area contributed by atoms with E-state index >= 15 is 0 Å². The average molecular weight is 237 g/mol. The van der Waals surface area contributed by atoms with E-state index in [0.29, 0.717) is 6.04 Å². The first kappa shape index (κ1) is 12.5. The van der Waals surface area contributed by atoms with Gasteiger partial charge in [-0.1, -0.05) is 0 Å². The lowest BCUT2D eigenvalue weighted by molar-refractivity contribution is 0.113. The van der Waals surface area contributed by atoms with Crippen molar-refractivity contribution in [2.24, 2.45) is 0 Å². The molecular weight excluding hydrogens is 214 g/mol. The highest BCUT2D eigenvalue weighted by Crippen LogP contribution is 2.06. The van der Waals surface area contributed by atoms with Gasteiger partial charge in [-0.3, -0.25) is 10.00 Å². The molecule has 0 aromatic carbocycles. The Kier molecular flexibility index (Phi) is 4.15. The zero-order valence-electron chi connectivity index (χ0n) is 11.0. The van der Waals surface area contributed by atoms with Crippen molar-refractivity contribution in [3.63, 3.8) is 0 Å². The molecule has 2 heterocycles. The topological polar surface area (TPSA) is 47.2 Å². The number of hydrogen-bond acceptors (Lipinski definition) is 4.